The Morgan fingerprint density at radius 2 is 1.87 bits per heavy atom. The molecule has 3 aliphatic rings. The average molecular weight is 443 g/mol. The molecule has 10 heteroatoms. The third-order valence-corrected chi connectivity index (χ3v) is 6.69. The standard InChI is InChI=1S/C21H26F5N5/c22-18(23)10-29-17(19-13-6-12(7-14(13)19)31-3-1-2-4-31)8-16(27)11-5-15(21(24,25)26)20(28)30-9-11/h5,8-9,12-14,18-19H,1-4,6-7,10,27H2,(H2,28,30)/t12?,13-,14+,19?. The summed E-state index contributed by atoms with van der Waals surface area (Å²) in [5.74, 6) is 0.114. The molecule has 1 aliphatic heterocycles. The Kier molecular flexibility index (Phi) is 5.93. The van der Waals surface area contributed by atoms with E-state index in [1.165, 1.54) is 18.9 Å². The number of hydrogen-bond acceptors (Lipinski definition) is 5. The molecular formula is C21H26F5N5. The van der Waals surface area contributed by atoms with Crippen LogP contribution in [0.2, 0.25) is 0 Å². The first-order valence-corrected chi connectivity index (χ1v) is 10.5. The first-order chi connectivity index (χ1) is 14.6. The minimum atomic E-state index is -4.67. The fourth-order valence-electron chi connectivity index (χ4n) is 5.18. The van der Waals surface area contributed by atoms with Crippen LogP contribution < -0.4 is 11.5 Å². The second-order valence-corrected chi connectivity index (χ2v) is 8.63. The second-order valence-electron chi connectivity index (χ2n) is 8.63. The number of aromatic nitrogens is 1. The molecule has 1 aromatic heterocycles. The van der Waals surface area contributed by atoms with Gasteiger partial charge in [0.2, 0.25) is 0 Å². The van der Waals surface area contributed by atoms with Gasteiger partial charge < -0.3 is 16.4 Å². The van der Waals surface area contributed by atoms with Gasteiger partial charge in [-0.2, -0.15) is 13.2 Å². The van der Waals surface area contributed by atoms with Crippen LogP contribution in [0, 0.1) is 17.8 Å². The summed E-state index contributed by atoms with van der Waals surface area (Å²) in [4.78, 5) is 10.2. The number of anilines is 1. The summed E-state index contributed by atoms with van der Waals surface area (Å²) in [6, 6.07) is 1.36. The Morgan fingerprint density at radius 1 is 1.23 bits per heavy atom. The molecule has 0 bridgehead atoms. The lowest BCUT2D eigenvalue weighted by Crippen LogP contribution is -2.32. The molecule has 4 N–H and O–H groups in total. The number of nitrogens with zero attached hydrogens (tertiary/aromatic N) is 3. The summed E-state index contributed by atoms with van der Waals surface area (Å²) < 4.78 is 65.0. The zero-order valence-electron chi connectivity index (χ0n) is 17.0. The number of rotatable bonds is 6. The topological polar surface area (TPSA) is 80.5 Å². The molecule has 2 saturated carbocycles. The average Bonchev–Trinajstić information content (AvgIpc) is 3.09. The highest BCUT2D eigenvalue weighted by Crippen LogP contribution is 2.59. The largest absolute Gasteiger partial charge is 0.419 e. The van der Waals surface area contributed by atoms with E-state index in [0.717, 1.165) is 38.2 Å². The SMILES string of the molecule is NC(=CC(=NCC(F)F)C1[C@H]2CC(N3CCCC3)C[C@@H]12)c1cnc(N)c(C(F)(F)F)c1. The third-order valence-electron chi connectivity index (χ3n) is 6.69. The van der Waals surface area contributed by atoms with Crippen LogP contribution in [0.5, 0.6) is 0 Å². The van der Waals surface area contributed by atoms with Gasteiger partial charge in [0.25, 0.3) is 6.43 Å². The summed E-state index contributed by atoms with van der Waals surface area (Å²) in [5.41, 5.74) is 10.8. The molecule has 0 spiro atoms. The van der Waals surface area contributed by atoms with Gasteiger partial charge in [0, 0.05) is 35.1 Å². The quantitative estimate of drug-likeness (QED) is 0.518. The zero-order chi connectivity index (χ0) is 22.3. The van der Waals surface area contributed by atoms with E-state index in [9.17, 15) is 22.0 Å². The van der Waals surface area contributed by atoms with Crippen LogP contribution in [-0.2, 0) is 6.18 Å². The van der Waals surface area contributed by atoms with E-state index in [1.807, 2.05) is 0 Å². The molecular weight excluding hydrogens is 417 g/mol. The molecule has 0 aromatic carbocycles. The molecule has 2 unspecified atom stereocenters. The number of likely N-dealkylation sites (tertiary alicyclic amines) is 1. The number of fused-ring (bicyclic) bond motifs is 1. The van der Waals surface area contributed by atoms with E-state index in [4.69, 9.17) is 11.5 Å². The van der Waals surface area contributed by atoms with E-state index in [0.29, 0.717) is 23.6 Å². The lowest BCUT2D eigenvalue weighted by molar-refractivity contribution is -0.137. The Bertz CT molecular complexity index is 863. The van der Waals surface area contributed by atoms with E-state index in [1.54, 1.807) is 0 Å². The highest BCUT2D eigenvalue weighted by molar-refractivity contribution is 6.04. The Hall–Kier alpha value is -2.23. The molecule has 31 heavy (non-hydrogen) atoms. The normalized spacial score (nSPS) is 29.6. The molecule has 2 aliphatic carbocycles. The number of nitrogen functional groups attached to an aromatic ring is 1. The van der Waals surface area contributed by atoms with Gasteiger partial charge in [0.05, 0.1) is 5.56 Å². The molecule has 5 nitrogen and oxygen atoms in total. The van der Waals surface area contributed by atoms with E-state index >= 15 is 0 Å². The van der Waals surface area contributed by atoms with Crippen molar-refractivity contribution in [1.29, 1.82) is 0 Å². The maximum absolute atomic E-state index is 13.1. The predicted molar refractivity (Wildman–Crippen MR) is 108 cm³/mol. The molecule has 3 fully saturated rings. The van der Waals surface area contributed by atoms with Crippen molar-refractivity contribution in [3.63, 3.8) is 0 Å². The number of pyridine rings is 1. The van der Waals surface area contributed by atoms with Crippen molar-refractivity contribution in [2.24, 2.45) is 28.5 Å². The highest BCUT2D eigenvalue weighted by atomic mass is 19.4. The maximum atomic E-state index is 13.1. The molecule has 0 amide bonds. The first-order valence-electron chi connectivity index (χ1n) is 10.5. The lowest BCUT2D eigenvalue weighted by atomic mass is 10.0. The van der Waals surface area contributed by atoms with Crippen LogP contribution >= 0.6 is 0 Å². The van der Waals surface area contributed by atoms with Crippen LogP contribution in [0.4, 0.5) is 27.8 Å². The predicted octanol–water partition coefficient (Wildman–Crippen LogP) is 3.81. The highest BCUT2D eigenvalue weighted by Gasteiger charge is 2.58. The zero-order valence-corrected chi connectivity index (χ0v) is 17.0. The lowest BCUT2D eigenvalue weighted by Gasteiger charge is -2.25. The number of allylic oxidation sites excluding steroid dienone is 1. The summed E-state index contributed by atoms with van der Waals surface area (Å²) >= 11 is 0. The third kappa shape index (κ3) is 4.68. The Morgan fingerprint density at radius 3 is 2.45 bits per heavy atom. The summed E-state index contributed by atoms with van der Waals surface area (Å²) in [7, 11) is 0. The van der Waals surface area contributed by atoms with Gasteiger partial charge in [0.15, 0.2) is 0 Å². The molecule has 4 rings (SSSR count). The first kappa shape index (κ1) is 22.0. The van der Waals surface area contributed by atoms with E-state index in [-0.39, 0.29) is 17.2 Å². The fourth-order valence-corrected chi connectivity index (χ4v) is 5.18. The second kappa shape index (κ2) is 8.37. The van der Waals surface area contributed by atoms with Crippen LogP contribution in [-0.4, -0.2) is 47.7 Å². The molecule has 1 aromatic rings. The van der Waals surface area contributed by atoms with Crippen molar-refractivity contribution in [1.82, 2.24) is 9.88 Å². The fraction of sp³-hybridized carbons (Fsp3) is 0.619. The molecule has 170 valence electrons. The molecule has 4 atom stereocenters. The van der Waals surface area contributed by atoms with Crippen molar-refractivity contribution in [2.45, 2.75) is 44.3 Å². The Balaban J connectivity index is 1.53. The van der Waals surface area contributed by atoms with Gasteiger partial charge >= 0.3 is 6.18 Å². The number of halogens is 5. The monoisotopic (exact) mass is 443 g/mol. The van der Waals surface area contributed by atoms with Crippen molar-refractivity contribution >= 4 is 17.2 Å². The number of aliphatic imine (C=N–C) groups is 1. The van der Waals surface area contributed by atoms with Crippen LogP contribution in [0.1, 0.15) is 36.8 Å². The van der Waals surface area contributed by atoms with E-state index < -0.39 is 30.5 Å². The minimum absolute atomic E-state index is 0.00656. The summed E-state index contributed by atoms with van der Waals surface area (Å²) in [6.45, 7) is 1.57. The van der Waals surface area contributed by atoms with Crippen LogP contribution in [0.25, 0.3) is 5.70 Å². The molecule has 2 heterocycles. The van der Waals surface area contributed by atoms with Gasteiger partial charge in [-0.25, -0.2) is 13.8 Å². The van der Waals surface area contributed by atoms with E-state index in [2.05, 4.69) is 14.9 Å². The maximum Gasteiger partial charge on any atom is 0.419 e. The Labute approximate surface area is 177 Å². The number of nitrogens with two attached hydrogens (primary N) is 2. The minimum Gasteiger partial charge on any atom is -0.398 e. The molecule has 1 saturated heterocycles. The van der Waals surface area contributed by atoms with Crippen LogP contribution in [0.3, 0.4) is 0 Å². The van der Waals surface area contributed by atoms with Gasteiger partial charge in [-0.15, -0.1) is 0 Å². The van der Waals surface area contributed by atoms with Crippen molar-refractivity contribution < 1.29 is 22.0 Å². The van der Waals surface area contributed by atoms with Crippen LogP contribution in [0.15, 0.2) is 23.3 Å². The van der Waals surface area contributed by atoms with Gasteiger partial charge in [-0.05, 0) is 62.8 Å². The summed E-state index contributed by atoms with van der Waals surface area (Å²) in [6.07, 6.45) is -0.261. The van der Waals surface area contributed by atoms with Crippen molar-refractivity contribution in [3.8, 4) is 0 Å². The van der Waals surface area contributed by atoms with Crippen molar-refractivity contribution in [2.75, 3.05) is 25.4 Å². The van der Waals surface area contributed by atoms with Gasteiger partial charge in [-0.1, -0.05) is 0 Å². The van der Waals surface area contributed by atoms with Gasteiger partial charge in [-0.3, -0.25) is 4.99 Å². The summed E-state index contributed by atoms with van der Waals surface area (Å²) in [5, 5.41) is 0. The van der Waals surface area contributed by atoms with Gasteiger partial charge in [0.1, 0.15) is 12.4 Å². The number of alkyl halides is 5. The van der Waals surface area contributed by atoms with Crippen molar-refractivity contribution in [3.05, 3.63) is 29.5 Å². The number of hydrogen-bond donors (Lipinski definition) is 2. The smallest absolute Gasteiger partial charge is 0.398 e. The molecule has 0 radical (unpaired) electrons.